The van der Waals surface area contributed by atoms with E-state index in [1.165, 1.54) is 0 Å². The third-order valence-corrected chi connectivity index (χ3v) is 3.86. The fourth-order valence-corrected chi connectivity index (χ4v) is 2.83. The van der Waals surface area contributed by atoms with Gasteiger partial charge in [-0.15, -0.1) is 0 Å². The Morgan fingerprint density at radius 2 is 1.95 bits per heavy atom. The van der Waals surface area contributed by atoms with Crippen LogP contribution in [0.15, 0.2) is 36.4 Å². The number of aryl methyl sites for hydroxylation is 1. The van der Waals surface area contributed by atoms with Crippen molar-refractivity contribution in [2.24, 2.45) is 0 Å². The number of imidazole rings is 1. The Bertz CT molecular complexity index is 805. The van der Waals surface area contributed by atoms with Crippen LogP contribution in [0.4, 0.5) is 5.82 Å². The van der Waals surface area contributed by atoms with Crippen LogP contribution in [-0.4, -0.2) is 16.7 Å². The molecule has 4 heteroatoms. The Balaban J connectivity index is 2.38. The molecular weight excluding hydrogens is 262 g/mol. The molecular formula is C17H19N3O. The molecule has 0 saturated carbocycles. The molecule has 3 aromatic rings. The number of nitrogens with two attached hydrogens (primary N) is 1. The summed E-state index contributed by atoms with van der Waals surface area (Å²) in [5.74, 6) is 2.39. The summed E-state index contributed by atoms with van der Waals surface area (Å²) >= 11 is 0. The van der Waals surface area contributed by atoms with E-state index in [0.717, 1.165) is 40.1 Å². The van der Waals surface area contributed by atoms with Gasteiger partial charge in [0.2, 0.25) is 0 Å². The van der Waals surface area contributed by atoms with E-state index in [9.17, 15) is 0 Å². The summed E-state index contributed by atoms with van der Waals surface area (Å²) in [5, 5.41) is 2.25. The number of nitrogen functional groups attached to an aromatic ring is 1. The van der Waals surface area contributed by atoms with Gasteiger partial charge in [-0.3, -0.25) is 0 Å². The van der Waals surface area contributed by atoms with Crippen LogP contribution in [0.3, 0.4) is 0 Å². The second-order valence-electron chi connectivity index (χ2n) is 5.00. The van der Waals surface area contributed by atoms with Gasteiger partial charge in [-0.1, -0.05) is 30.3 Å². The molecule has 21 heavy (non-hydrogen) atoms. The minimum atomic E-state index is 0.685. The molecule has 0 fully saturated rings. The first-order valence-corrected chi connectivity index (χ1v) is 7.06. The molecule has 0 aliphatic carbocycles. The largest absolute Gasteiger partial charge is 0.496 e. The molecule has 4 nitrogen and oxygen atoms in total. The van der Waals surface area contributed by atoms with Gasteiger partial charge in [0.05, 0.1) is 12.7 Å². The quantitative estimate of drug-likeness (QED) is 0.797. The fourth-order valence-electron chi connectivity index (χ4n) is 2.83. The topological polar surface area (TPSA) is 53.1 Å². The molecule has 2 N–H and O–H groups in total. The van der Waals surface area contributed by atoms with Crippen LogP contribution in [-0.2, 0) is 6.54 Å². The summed E-state index contributed by atoms with van der Waals surface area (Å²) in [6.45, 7) is 4.84. The van der Waals surface area contributed by atoms with Crippen LogP contribution in [0.5, 0.6) is 5.75 Å². The third kappa shape index (κ3) is 2.03. The zero-order valence-electron chi connectivity index (χ0n) is 12.6. The first-order valence-electron chi connectivity index (χ1n) is 7.06. The van der Waals surface area contributed by atoms with Crippen LogP contribution in [0.25, 0.3) is 22.0 Å². The smallest absolute Gasteiger partial charge is 0.131 e. The predicted molar refractivity (Wildman–Crippen MR) is 86.5 cm³/mol. The summed E-state index contributed by atoms with van der Waals surface area (Å²) < 4.78 is 7.55. The van der Waals surface area contributed by atoms with E-state index in [4.69, 9.17) is 10.5 Å². The number of benzene rings is 2. The number of rotatable bonds is 3. The highest BCUT2D eigenvalue weighted by molar-refractivity contribution is 6.00. The molecule has 0 aliphatic heterocycles. The van der Waals surface area contributed by atoms with E-state index in [1.54, 1.807) is 7.11 Å². The van der Waals surface area contributed by atoms with E-state index < -0.39 is 0 Å². The zero-order chi connectivity index (χ0) is 15.0. The van der Waals surface area contributed by atoms with E-state index in [2.05, 4.69) is 30.1 Å². The molecule has 108 valence electrons. The fraction of sp³-hybridized carbons (Fsp3) is 0.235. The molecule has 3 rings (SSSR count). The highest BCUT2D eigenvalue weighted by atomic mass is 16.5. The summed E-state index contributed by atoms with van der Waals surface area (Å²) in [6, 6.07) is 12.2. The SMILES string of the molecule is CCn1c(C)nc(-c2c(OC)ccc3ccccc23)c1N. The van der Waals surface area contributed by atoms with Gasteiger partial charge in [0.1, 0.15) is 23.1 Å². The average Bonchev–Trinajstić information content (AvgIpc) is 2.80. The molecule has 0 spiro atoms. The van der Waals surface area contributed by atoms with Crippen molar-refractivity contribution >= 4 is 16.6 Å². The average molecular weight is 281 g/mol. The zero-order valence-corrected chi connectivity index (χ0v) is 12.6. The molecule has 1 aromatic heterocycles. The lowest BCUT2D eigenvalue weighted by Crippen LogP contribution is -2.02. The van der Waals surface area contributed by atoms with Crippen molar-refractivity contribution in [3.8, 4) is 17.0 Å². The minimum absolute atomic E-state index is 0.685. The maximum atomic E-state index is 6.31. The molecule has 0 radical (unpaired) electrons. The lowest BCUT2D eigenvalue weighted by Gasteiger charge is -2.11. The van der Waals surface area contributed by atoms with Crippen LogP contribution >= 0.6 is 0 Å². The van der Waals surface area contributed by atoms with Crippen LogP contribution in [0.1, 0.15) is 12.7 Å². The van der Waals surface area contributed by atoms with Gasteiger partial charge in [0.15, 0.2) is 0 Å². The number of hydrogen-bond donors (Lipinski definition) is 1. The van der Waals surface area contributed by atoms with Crippen LogP contribution in [0.2, 0.25) is 0 Å². The lowest BCUT2D eigenvalue weighted by atomic mass is 10.0. The Morgan fingerprint density at radius 1 is 1.19 bits per heavy atom. The van der Waals surface area contributed by atoms with E-state index >= 15 is 0 Å². The van der Waals surface area contributed by atoms with E-state index in [1.807, 2.05) is 29.7 Å². The molecule has 0 amide bonds. The number of methoxy groups -OCH3 is 1. The number of fused-ring (bicyclic) bond motifs is 1. The van der Waals surface area contributed by atoms with Crippen molar-refractivity contribution in [2.75, 3.05) is 12.8 Å². The number of nitrogens with zero attached hydrogens (tertiary/aromatic N) is 2. The van der Waals surface area contributed by atoms with Crippen molar-refractivity contribution in [1.82, 2.24) is 9.55 Å². The Labute approximate surface area is 124 Å². The molecule has 0 aliphatic rings. The highest BCUT2D eigenvalue weighted by Crippen LogP contribution is 2.39. The maximum absolute atomic E-state index is 6.31. The normalized spacial score (nSPS) is 11.0. The van der Waals surface area contributed by atoms with Gasteiger partial charge in [0.25, 0.3) is 0 Å². The second kappa shape index (κ2) is 5.13. The van der Waals surface area contributed by atoms with Gasteiger partial charge < -0.3 is 15.0 Å². The van der Waals surface area contributed by atoms with Gasteiger partial charge >= 0.3 is 0 Å². The molecule has 0 bridgehead atoms. The predicted octanol–water partition coefficient (Wildman–Crippen LogP) is 3.62. The molecule has 1 heterocycles. The lowest BCUT2D eigenvalue weighted by molar-refractivity contribution is 0.417. The molecule has 0 atom stereocenters. The summed E-state index contributed by atoms with van der Waals surface area (Å²) in [4.78, 5) is 4.67. The van der Waals surface area contributed by atoms with Crippen LogP contribution in [0, 0.1) is 6.92 Å². The number of ether oxygens (including phenoxy) is 1. The monoisotopic (exact) mass is 281 g/mol. The third-order valence-electron chi connectivity index (χ3n) is 3.86. The standard InChI is InChI=1S/C17H19N3O/c1-4-20-11(2)19-16(17(20)18)15-13-8-6-5-7-12(13)9-10-14(15)21-3/h5-10H,4,18H2,1-3H3. The van der Waals surface area contributed by atoms with Gasteiger partial charge in [0, 0.05) is 6.54 Å². The van der Waals surface area contributed by atoms with Crippen molar-refractivity contribution in [2.45, 2.75) is 20.4 Å². The molecule has 2 aromatic carbocycles. The summed E-state index contributed by atoms with van der Waals surface area (Å²) in [7, 11) is 1.67. The van der Waals surface area contributed by atoms with Gasteiger partial charge in [-0.25, -0.2) is 4.98 Å². The maximum Gasteiger partial charge on any atom is 0.131 e. The Kier molecular flexibility index (Phi) is 3.29. The minimum Gasteiger partial charge on any atom is -0.496 e. The number of aromatic nitrogens is 2. The molecule has 0 unspecified atom stereocenters. The van der Waals surface area contributed by atoms with Crippen molar-refractivity contribution in [3.05, 3.63) is 42.2 Å². The van der Waals surface area contributed by atoms with Gasteiger partial charge in [-0.2, -0.15) is 0 Å². The second-order valence-corrected chi connectivity index (χ2v) is 5.00. The van der Waals surface area contributed by atoms with E-state index in [-0.39, 0.29) is 0 Å². The number of anilines is 1. The first-order chi connectivity index (χ1) is 10.2. The highest BCUT2D eigenvalue weighted by Gasteiger charge is 2.18. The Morgan fingerprint density at radius 3 is 2.62 bits per heavy atom. The summed E-state index contributed by atoms with van der Waals surface area (Å²) in [5.41, 5.74) is 8.06. The number of hydrogen-bond acceptors (Lipinski definition) is 3. The molecule has 0 saturated heterocycles. The van der Waals surface area contributed by atoms with Crippen LogP contribution < -0.4 is 10.5 Å². The van der Waals surface area contributed by atoms with Crippen molar-refractivity contribution < 1.29 is 4.74 Å². The Hall–Kier alpha value is -2.49. The summed E-state index contributed by atoms with van der Waals surface area (Å²) in [6.07, 6.45) is 0. The first kappa shape index (κ1) is 13.5. The van der Waals surface area contributed by atoms with E-state index in [0.29, 0.717) is 5.82 Å². The van der Waals surface area contributed by atoms with Crippen molar-refractivity contribution in [3.63, 3.8) is 0 Å². The van der Waals surface area contributed by atoms with Gasteiger partial charge in [-0.05, 0) is 30.7 Å². The van der Waals surface area contributed by atoms with Crippen molar-refractivity contribution in [1.29, 1.82) is 0 Å².